The van der Waals surface area contributed by atoms with Gasteiger partial charge in [-0.05, 0) is 19.9 Å². The van der Waals surface area contributed by atoms with E-state index in [1.54, 1.807) is 6.92 Å². The van der Waals surface area contributed by atoms with Crippen molar-refractivity contribution in [3.05, 3.63) is 11.7 Å². The summed E-state index contributed by atoms with van der Waals surface area (Å²) < 4.78 is 5.09. The minimum absolute atomic E-state index is 0.119. The van der Waals surface area contributed by atoms with E-state index < -0.39 is 5.97 Å². The van der Waals surface area contributed by atoms with Crippen molar-refractivity contribution in [2.24, 2.45) is 0 Å². The van der Waals surface area contributed by atoms with E-state index in [1.165, 1.54) is 0 Å². The Labute approximate surface area is 105 Å². The molecule has 0 aromatic carbocycles. The maximum Gasteiger partial charge on any atom is 0.317 e. The molecule has 1 aliphatic rings. The fourth-order valence-corrected chi connectivity index (χ4v) is 2.13. The summed E-state index contributed by atoms with van der Waals surface area (Å²) in [5.41, 5.74) is 0. The number of aryl methyl sites for hydroxylation is 1. The maximum atomic E-state index is 10.7. The highest BCUT2D eigenvalue weighted by molar-refractivity contribution is 5.69. The van der Waals surface area contributed by atoms with Gasteiger partial charge in [0.2, 0.25) is 5.89 Å². The summed E-state index contributed by atoms with van der Waals surface area (Å²) in [6, 6.07) is 0. The maximum absolute atomic E-state index is 10.7. The van der Waals surface area contributed by atoms with E-state index in [9.17, 15) is 4.79 Å². The summed E-state index contributed by atoms with van der Waals surface area (Å²) in [6.45, 7) is 5.90. The third-order valence-electron chi connectivity index (χ3n) is 2.97. The van der Waals surface area contributed by atoms with Crippen molar-refractivity contribution < 1.29 is 14.4 Å². The smallest absolute Gasteiger partial charge is 0.317 e. The molecule has 0 aliphatic carbocycles. The molecule has 0 spiro atoms. The van der Waals surface area contributed by atoms with Gasteiger partial charge < -0.3 is 9.63 Å². The van der Waals surface area contributed by atoms with E-state index in [-0.39, 0.29) is 6.54 Å². The van der Waals surface area contributed by atoms with Crippen molar-refractivity contribution >= 4 is 5.97 Å². The molecule has 2 heterocycles. The Kier molecular flexibility index (Phi) is 4.27. The molecule has 18 heavy (non-hydrogen) atoms. The highest BCUT2D eigenvalue weighted by atomic mass is 16.5. The van der Waals surface area contributed by atoms with Crippen LogP contribution in [-0.2, 0) is 11.3 Å². The Morgan fingerprint density at radius 1 is 1.33 bits per heavy atom. The largest absolute Gasteiger partial charge is 0.480 e. The minimum atomic E-state index is -0.768. The first-order valence-electron chi connectivity index (χ1n) is 6.09. The van der Waals surface area contributed by atoms with Crippen molar-refractivity contribution in [3.8, 4) is 0 Å². The summed E-state index contributed by atoms with van der Waals surface area (Å²) in [4.78, 5) is 19.0. The zero-order valence-corrected chi connectivity index (χ0v) is 10.5. The molecule has 0 amide bonds. The van der Waals surface area contributed by atoms with E-state index in [0.717, 1.165) is 32.6 Å². The molecular formula is C11H18N4O3. The highest BCUT2D eigenvalue weighted by Gasteiger charge is 2.18. The molecule has 100 valence electrons. The standard InChI is InChI=1S/C11H18N4O3/c1-9-12-10(18-13-9)7-14-3-2-4-15(6-5-14)8-11(16)17/h2-8H2,1H3,(H,16,17). The predicted molar refractivity (Wildman–Crippen MR) is 63.0 cm³/mol. The lowest BCUT2D eigenvalue weighted by atomic mass is 10.4. The summed E-state index contributed by atoms with van der Waals surface area (Å²) in [6.07, 6.45) is 0.959. The first-order chi connectivity index (χ1) is 8.63. The summed E-state index contributed by atoms with van der Waals surface area (Å²) in [5, 5.41) is 12.5. The number of hydrogen-bond acceptors (Lipinski definition) is 6. The number of carboxylic acid groups (broad SMARTS) is 1. The van der Waals surface area contributed by atoms with Crippen LogP contribution < -0.4 is 0 Å². The van der Waals surface area contributed by atoms with Crippen molar-refractivity contribution in [1.82, 2.24) is 19.9 Å². The lowest BCUT2D eigenvalue weighted by molar-refractivity contribution is -0.138. The lowest BCUT2D eigenvalue weighted by Gasteiger charge is -2.18. The van der Waals surface area contributed by atoms with Crippen LogP contribution in [0.3, 0.4) is 0 Å². The fourth-order valence-electron chi connectivity index (χ4n) is 2.13. The van der Waals surface area contributed by atoms with Gasteiger partial charge in [0.25, 0.3) is 0 Å². The zero-order valence-electron chi connectivity index (χ0n) is 10.5. The Morgan fingerprint density at radius 3 is 2.72 bits per heavy atom. The van der Waals surface area contributed by atoms with Gasteiger partial charge in [-0.1, -0.05) is 5.16 Å². The first-order valence-corrected chi connectivity index (χ1v) is 6.09. The molecule has 0 atom stereocenters. The van der Waals surface area contributed by atoms with E-state index in [0.29, 0.717) is 18.3 Å². The molecule has 0 bridgehead atoms. The van der Waals surface area contributed by atoms with Gasteiger partial charge >= 0.3 is 5.97 Å². The van der Waals surface area contributed by atoms with Crippen LogP contribution in [0.1, 0.15) is 18.1 Å². The van der Waals surface area contributed by atoms with Crippen molar-refractivity contribution in [3.63, 3.8) is 0 Å². The summed E-state index contributed by atoms with van der Waals surface area (Å²) >= 11 is 0. The topological polar surface area (TPSA) is 82.7 Å². The third kappa shape index (κ3) is 3.78. The Hall–Kier alpha value is -1.47. The summed E-state index contributed by atoms with van der Waals surface area (Å²) in [7, 11) is 0. The number of aliphatic carboxylic acids is 1. The fraction of sp³-hybridized carbons (Fsp3) is 0.727. The molecular weight excluding hydrogens is 236 g/mol. The predicted octanol–water partition coefficient (Wildman–Crippen LogP) is -0.0297. The molecule has 0 unspecified atom stereocenters. The first kappa shape index (κ1) is 13.0. The van der Waals surface area contributed by atoms with Gasteiger partial charge in [-0.3, -0.25) is 14.6 Å². The third-order valence-corrected chi connectivity index (χ3v) is 2.97. The van der Waals surface area contributed by atoms with E-state index in [2.05, 4.69) is 15.0 Å². The number of hydrogen-bond donors (Lipinski definition) is 1. The van der Waals surface area contributed by atoms with Gasteiger partial charge in [0.1, 0.15) is 0 Å². The van der Waals surface area contributed by atoms with Crippen LogP contribution >= 0.6 is 0 Å². The molecule has 2 rings (SSSR count). The van der Waals surface area contributed by atoms with Gasteiger partial charge in [-0.15, -0.1) is 0 Å². The molecule has 1 aliphatic heterocycles. The lowest BCUT2D eigenvalue weighted by Crippen LogP contribution is -2.34. The quantitative estimate of drug-likeness (QED) is 0.807. The van der Waals surface area contributed by atoms with Gasteiger partial charge in [-0.2, -0.15) is 4.98 Å². The van der Waals surface area contributed by atoms with Gasteiger partial charge in [0, 0.05) is 19.6 Å². The Balaban J connectivity index is 1.83. The van der Waals surface area contributed by atoms with Gasteiger partial charge in [0.15, 0.2) is 5.82 Å². The highest BCUT2D eigenvalue weighted by Crippen LogP contribution is 2.07. The SMILES string of the molecule is Cc1noc(CN2CCCN(CC(=O)O)CC2)n1. The average molecular weight is 254 g/mol. The minimum Gasteiger partial charge on any atom is -0.480 e. The molecule has 7 nitrogen and oxygen atoms in total. The van der Waals surface area contributed by atoms with Crippen LogP contribution in [0.25, 0.3) is 0 Å². The van der Waals surface area contributed by atoms with Crippen LogP contribution in [0.15, 0.2) is 4.52 Å². The second-order valence-corrected chi connectivity index (χ2v) is 4.53. The number of carboxylic acids is 1. The molecule has 7 heteroatoms. The van der Waals surface area contributed by atoms with Crippen LogP contribution in [0.2, 0.25) is 0 Å². The normalized spacial score (nSPS) is 18.7. The van der Waals surface area contributed by atoms with E-state index >= 15 is 0 Å². The van der Waals surface area contributed by atoms with Crippen LogP contribution in [0, 0.1) is 6.92 Å². The number of aromatic nitrogens is 2. The number of nitrogens with zero attached hydrogens (tertiary/aromatic N) is 4. The zero-order chi connectivity index (χ0) is 13.0. The monoisotopic (exact) mass is 254 g/mol. The Bertz CT molecular complexity index is 407. The van der Waals surface area contributed by atoms with E-state index in [4.69, 9.17) is 9.63 Å². The number of rotatable bonds is 4. The molecule has 1 N–H and O–H groups in total. The van der Waals surface area contributed by atoms with Crippen molar-refractivity contribution in [2.45, 2.75) is 19.9 Å². The van der Waals surface area contributed by atoms with Gasteiger partial charge in [-0.25, -0.2) is 0 Å². The average Bonchev–Trinajstić information content (AvgIpc) is 2.57. The second-order valence-electron chi connectivity index (χ2n) is 4.53. The van der Waals surface area contributed by atoms with Gasteiger partial charge in [0.05, 0.1) is 13.1 Å². The molecule has 0 radical (unpaired) electrons. The van der Waals surface area contributed by atoms with Crippen molar-refractivity contribution in [1.29, 1.82) is 0 Å². The Morgan fingerprint density at radius 2 is 2.06 bits per heavy atom. The molecule has 1 saturated heterocycles. The summed E-state index contributed by atoms with van der Waals surface area (Å²) in [5.74, 6) is 0.502. The van der Waals surface area contributed by atoms with Crippen LogP contribution in [0.5, 0.6) is 0 Å². The molecule has 1 aromatic rings. The van der Waals surface area contributed by atoms with Crippen LogP contribution in [-0.4, -0.2) is 63.7 Å². The second kappa shape index (κ2) is 5.92. The van der Waals surface area contributed by atoms with Crippen LogP contribution in [0.4, 0.5) is 0 Å². The van der Waals surface area contributed by atoms with E-state index in [1.807, 2.05) is 4.90 Å². The molecule has 0 saturated carbocycles. The molecule has 1 aromatic heterocycles. The van der Waals surface area contributed by atoms with Crippen molar-refractivity contribution in [2.75, 3.05) is 32.7 Å². The molecule has 1 fully saturated rings. The number of carbonyl (C=O) groups is 1.